The van der Waals surface area contributed by atoms with Crippen molar-refractivity contribution < 1.29 is 14.7 Å². The first-order valence-electron chi connectivity index (χ1n) is 7.32. The number of nitrogens with zero attached hydrogens (tertiary/aromatic N) is 2. The van der Waals surface area contributed by atoms with Crippen LogP contribution in [0.3, 0.4) is 0 Å². The van der Waals surface area contributed by atoms with Crippen LogP contribution in [0.15, 0.2) is 30.3 Å². The van der Waals surface area contributed by atoms with E-state index in [4.69, 9.17) is 0 Å². The highest BCUT2D eigenvalue weighted by atomic mass is 16.4. The summed E-state index contributed by atoms with van der Waals surface area (Å²) in [5.41, 5.74) is 0.769. The monoisotopic (exact) mass is 290 g/mol. The number of aliphatic carboxylic acids is 1. The predicted molar refractivity (Wildman–Crippen MR) is 80.1 cm³/mol. The maximum absolute atomic E-state index is 12.1. The summed E-state index contributed by atoms with van der Waals surface area (Å²) in [7, 11) is 1.80. The summed E-state index contributed by atoms with van der Waals surface area (Å²) in [6.07, 6.45) is 2.13. The molecule has 5 nitrogen and oxygen atoms in total. The van der Waals surface area contributed by atoms with Crippen LogP contribution < -0.4 is 0 Å². The summed E-state index contributed by atoms with van der Waals surface area (Å²) in [6, 6.07) is 9.16. The first-order valence-corrected chi connectivity index (χ1v) is 7.32. The third-order valence-corrected chi connectivity index (χ3v) is 3.86. The van der Waals surface area contributed by atoms with Crippen molar-refractivity contribution in [2.45, 2.75) is 18.8 Å². The molecule has 5 heteroatoms. The number of hydrogen-bond donors (Lipinski definition) is 1. The molecule has 1 N–H and O–H groups in total. The van der Waals surface area contributed by atoms with Gasteiger partial charge in [0.2, 0.25) is 5.91 Å². The molecule has 0 aliphatic carbocycles. The van der Waals surface area contributed by atoms with E-state index in [1.54, 1.807) is 11.9 Å². The summed E-state index contributed by atoms with van der Waals surface area (Å²) in [6.45, 7) is 2.26. The second kappa shape index (κ2) is 7.22. The Morgan fingerprint density at radius 3 is 2.43 bits per heavy atom. The molecule has 1 atom stereocenters. The van der Waals surface area contributed by atoms with E-state index in [0.717, 1.165) is 31.5 Å². The lowest BCUT2D eigenvalue weighted by atomic mass is 9.99. The van der Waals surface area contributed by atoms with Crippen LogP contribution in [0, 0.1) is 0 Å². The molecule has 0 spiro atoms. The molecule has 0 aromatic heterocycles. The van der Waals surface area contributed by atoms with Gasteiger partial charge in [-0.15, -0.1) is 0 Å². The minimum Gasteiger partial charge on any atom is -0.481 e. The molecule has 1 amide bonds. The molecule has 114 valence electrons. The Morgan fingerprint density at radius 1 is 1.24 bits per heavy atom. The van der Waals surface area contributed by atoms with Crippen LogP contribution in [0.25, 0.3) is 0 Å². The maximum atomic E-state index is 12.1. The molecule has 0 bridgehead atoms. The maximum Gasteiger partial charge on any atom is 0.312 e. The van der Waals surface area contributed by atoms with Crippen molar-refractivity contribution in [3.05, 3.63) is 35.9 Å². The summed E-state index contributed by atoms with van der Waals surface area (Å²) in [4.78, 5) is 27.2. The van der Waals surface area contributed by atoms with Gasteiger partial charge in [0.15, 0.2) is 0 Å². The second-order valence-electron chi connectivity index (χ2n) is 5.59. The lowest BCUT2D eigenvalue weighted by Crippen LogP contribution is -2.39. The van der Waals surface area contributed by atoms with E-state index >= 15 is 0 Å². The molecule has 1 aromatic rings. The van der Waals surface area contributed by atoms with Gasteiger partial charge in [0.1, 0.15) is 0 Å². The highest BCUT2D eigenvalue weighted by Gasteiger charge is 2.24. The van der Waals surface area contributed by atoms with Crippen LogP contribution in [0.5, 0.6) is 0 Å². The minimum atomic E-state index is -0.860. The highest BCUT2D eigenvalue weighted by molar-refractivity contribution is 5.79. The fraction of sp³-hybridized carbons (Fsp3) is 0.500. The Labute approximate surface area is 125 Å². The molecule has 1 saturated heterocycles. The van der Waals surface area contributed by atoms with Gasteiger partial charge in [0, 0.05) is 19.6 Å². The van der Waals surface area contributed by atoms with E-state index in [1.807, 2.05) is 35.2 Å². The van der Waals surface area contributed by atoms with Crippen molar-refractivity contribution in [1.29, 1.82) is 0 Å². The van der Waals surface area contributed by atoms with Crippen molar-refractivity contribution in [2.75, 3.05) is 33.2 Å². The third kappa shape index (κ3) is 4.29. The number of likely N-dealkylation sites (N-methyl/N-ethyl adjacent to an activating group) is 1. The lowest BCUT2D eigenvalue weighted by molar-refractivity contribution is -0.140. The molecule has 1 aliphatic heterocycles. The van der Waals surface area contributed by atoms with Crippen LogP contribution in [-0.4, -0.2) is 60.0 Å². The van der Waals surface area contributed by atoms with Crippen LogP contribution >= 0.6 is 0 Å². The molecule has 1 unspecified atom stereocenters. The van der Waals surface area contributed by atoms with Gasteiger partial charge in [-0.2, -0.15) is 0 Å². The fourth-order valence-electron chi connectivity index (χ4n) is 2.69. The standard InChI is InChI=1S/C16H22N2O3/c1-17(12-15(19)18-9-5-6-10-18)11-14(16(20)21)13-7-3-2-4-8-13/h2-4,7-8,14H,5-6,9-12H2,1H3,(H,20,21). The molecule has 1 heterocycles. The SMILES string of the molecule is CN(CC(=O)N1CCCC1)CC(C(=O)O)c1ccccc1. The Bertz CT molecular complexity index is 484. The number of hydrogen-bond acceptors (Lipinski definition) is 3. The van der Waals surface area contributed by atoms with Gasteiger partial charge in [-0.05, 0) is 25.5 Å². The second-order valence-corrected chi connectivity index (χ2v) is 5.59. The normalized spacial score (nSPS) is 16.2. The van der Waals surface area contributed by atoms with Gasteiger partial charge in [-0.1, -0.05) is 30.3 Å². The third-order valence-electron chi connectivity index (χ3n) is 3.86. The number of benzene rings is 1. The van der Waals surface area contributed by atoms with E-state index in [0.29, 0.717) is 6.54 Å². The van der Waals surface area contributed by atoms with E-state index in [2.05, 4.69) is 0 Å². The van der Waals surface area contributed by atoms with Gasteiger partial charge in [-0.3, -0.25) is 14.5 Å². The number of carbonyl (C=O) groups excluding carboxylic acids is 1. The number of amides is 1. The Morgan fingerprint density at radius 2 is 1.86 bits per heavy atom. The van der Waals surface area contributed by atoms with Gasteiger partial charge >= 0.3 is 5.97 Å². The van der Waals surface area contributed by atoms with Gasteiger partial charge in [-0.25, -0.2) is 0 Å². The van der Waals surface area contributed by atoms with Crippen molar-refractivity contribution in [2.24, 2.45) is 0 Å². The predicted octanol–water partition coefficient (Wildman–Crippen LogP) is 1.41. The zero-order valence-corrected chi connectivity index (χ0v) is 12.4. The molecule has 1 aromatic carbocycles. The lowest BCUT2D eigenvalue weighted by Gasteiger charge is -2.24. The van der Waals surface area contributed by atoms with Crippen molar-refractivity contribution in [3.63, 3.8) is 0 Å². The quantitative estimate of drug-likeness (QED) is 0.860. The number of carboxylic acid groups (broad SMARTS) is 1. The fourth-order valence-corrected chi connectivity index (χ4v) is 2.69. The number of likely N-dealkylation sites (tertiary alicyclic amines) is 1. The zero-order chi connectivity index (χ0) is 15.2. The number of rotatable bonds is 6. The van der Waals surface area contributed by atoms with Crippen LogP contribution in [0.1, 0.15) is 24.3 Å². The first kappa shape index (κ1) is 15.5. The number of carboxylic acids is 1. The largest absolute Gasteiger partial charge is 0.481 e. The van der Waals surface area contributed by atoms with Crippen LogP contribution in [0.4, 0.5) is 0 Å². The highest BCUT2D eigenvalue weighted by Crippen LogP contribution is 2.17. The average molecular weight is 290 g/mol. The minimum absolute atomic E-state index is 0.0900. The molecule has 0 radical (unpaired) electrons. The molecule has 21 heavy (non-hydrogen) atoms. The molecule has 0 saturated carbocycles. The van der Waals surface area contributed by atoms with E-state index in [-0.39, 0.29) is 12.5 Å². The summed E-state index contributed by atoms with van der Waals surface area (Å²) in [5, 5.41) is 9.40. The van der Waals surface area contributed by atoms with Crippen molar-refractivity contribution >= 4 is 11.9 Å². The Balaban J connectivity index is 1.94. The topological polar surface area (TPSA) is 60.9 Å². The molecule has 2 rings (SSSR count). The Hall–Kier alpha value is -1.88. The molecule has 1 fully saturated rings. The van der Waals surface area contributed by atoms with Crippen molar-refractivity contribution in [1.82, 2.24) is 9.80 Å². The summed E-state index contributed by atoms with van der Waals surface area (Å²) >= 11 is 0. The van der Waals surface area contributed by atoms with Gasteiger partial charge in [0.25, 0.3) is 0 Å². The van der Waals surface area contributed by atoms with Crippen LogP contribution in [0.2, 0.25) is 0 Å². The van der Waals surface area contributed by atoms with Crippen LogP contribution in [-0.2, 0) is 9.59 Å². The van der Waals surface area contributed by atoms with Crippen molar-refractivity contribution in [3.8, 4) is 0 Å². The molecule has 1 aliphatic rings. The first-order chi connectivity index (χ1) is 10.1. The van der Waals surface area contributed by atoms with E-state index < -0.39 is 11.9 Å². The summed E-state index contributed by atoms with van der Waals surface area (Å²) < 4.78 is 0. The molecular formula is C16H22N2O3. The smallest absolute Gasteiger partial charge is 0.312 e. The van der Waals surface area contributed by atoms with E-state index in [9.17, 15) is 14.7 Å². The zero-order valence-electron chi connectivity index (χ0n) is 12.4. The van der Waals surface area contributed by atoms with Gasteiger partial charge < -0.3 is 10.0 Å². The van der Waals surface area contributed by atoms with Gasteiger partial charge in [0.05, 0.1) is 12.5 Å². The number of carbonyl (C=O) groups is 2. The van der Waals surface area contributed by atoms with E-state index in [1.165, 1.54) is 0 Å². The average Bonchev–Trinajstić information content (AvgIpc) is 2.99. The Kier molecular flexibility index (Phi) is 5.33. The molecular weight excluding hydrogens is 268 g/mol. The summed E-state index contributed by atoms with van der Waals surface area (Å²) in [5.74, 6) is -1.38.